The third kappa shape index (κ3) is 7.11. The van der Waals surface area contributed by atoms with Crippen molar-refractivity contribution in [3.05, 3.63) is 125 Å². The first-order valence-electron chi connectivity index (χ1n) is 12.2. The average molecular weight is 525 g/mol. The Balaban J connectivity index is 1.50. The van der Waals surface area contributed by atoms with Crippen molar-refractivity contribution in [2.24, 2.45) is 0 Å². The number of thioether (sulfide) groups is 1. The van der Waals surface area contributed by atoms with Crippen LogP contribution in [-0.2, 0) is 9.53 Å². The molecular weight excluding hydrogens is 496 g/mol. The van der Waals surface area contributed by atoms with E-state index in [2.05, 4.69) is 10.6 Å². The first-order chi connectivity index (χ1) is 18.4. The number of hydrogen-bond donors (Lipinski definition) is 2. The van der Waals surface area contributed by atoms with Gasteiger partial charge in [-0.1, -0.05) is 54.1 Å². The highest BCUT2D eigenvalue weighted by atomic mass is 32.2. The summed E-state index contributed by atoms with van der Waals surface area (Å²) >= 11 is 1.39. The second-order valence-corrected chi connectivity index (χ2v) is 9.72. The smallest absolute Gasteiger partial charge is 0.338 e. The van der Waals surface area contributed by atoms with Crippen LogP contribution in [0.4, 0.5) is 11.4 Å². The Morgan fingerprint density at radius 2 is 1.45 bits per heavy atom. The van der Waals surface area contributed by atoms with Crippen molar-refractivity contribution in [3.8, 4) is 0 Å². The summed E-state index contributed by atoms with van der Waals surface area (Å²) in [6.45, 7) is 4.02. The third-order valence-corrected chi connectivity index (χ3v) is 6.91. The third-order valence-electron chi connectivity index (χ3n) is 5.66. The molecule has 0 fully saturated rings. The number of carbonyl (C=O) groups excluding carboxylic acids is 3. The number of rotatable bonds is 9. The minimum absolute atomic E-state index is 0.198. The summed E-state index contributed by atoms with van der Waals surface area (Å²) in [4.78, 5) is 38.9. The van der Waals surface area contributed by atoms with Crippen LogP contribution >= 0.6 is 11.8 Å². The van der Waals surface area contributed by atoms with Crippen LogP contribution in [0.1, 0.15) is 44.0 Å². The van der Waals surface area contributed by atoms with E-state index in [1.807, 2.05) is 73.7 Å². The summed E-state index contributed by atoms with van der Waals surface area (Å²) in [7, 11) is 0. The van der Waals surface area contributed by atoms with E-state index in [0.29, 0.717) is 29.1 Å². The standard InChI is InChI=1S/C31H28N2O4S/c1-3-37-31(36)24-16-18-25(19-17-24)32-30(35)28(22-8-5-4-6-9-22)38-27-11-7-10-26(20-27)33-29(34)23-14-12-21(2)13-15-23/h4-20,28H,3H2,1-2H3,(H,32,35)(H,33,34). The number of esters is 1. The zero-order valence-corrected chi connectivity index (χ0v) is 22.0. The molecule has 0 spiro atoms. The van der Waals surface area contributed by atoms with Gasteiger partial charge in [0.05, 0.1) is 12.2 Å². The van der Waals surface area contributed by atoms with Crippen LogP contribution in [0.5, 0.6) is 0 Å². The first kappa shape index (κ1) is 26.7. The van der Waals surface area contributed by atoms with Crippen LogP contribution in [0.3, 0.4) is 0 Å². The predicted octanol–water partition coefficient (Wildman–Crippen LogP) is 6.90. The SMILES string of the molecule is CCOC(=O)c1ccc(NC(=O)C(Sc2cccc(NC(=O)c3ccc(C)cc3)c2)c2ccccc2)cc1. The van der Waals surface area contributed by atoms with Crippen LogP contribution in [0.2, 0.25) is 0 Å². The molecule has 0 heterocycles. The molecule has 4 rings (SSSR count). The number of aryl methyl sites for hydroxylation is 1. The average Bonchev–Trinajstić information content (AvgIpc) is 2.93. The molecule has 0 aliphatic rings. The van der Waals surface area contributed by atoms with Crippen molar-refractivity contribution in [1.29, 1.82) is 0 Å². The molecular formula is C31H28N2O4S. The minimum atomic E-state index is -0.552. The van der Waals surface area contributed by atoms with Gasteiger partial charge in [0.2, 0.25) is 5.91 Å². The molecule has 0 saturated heterocycles. The van der Waals surface area contributed by atoms with E-state index < -0.39 is 11.2 Å². The zero-order chi connectivity index (χ0) is 26.9. The quantitative estimate of drug-likeness (QED) is 0.184. The Bertz CT molecular complexity index is 1400. The van der Waals surface area contributed by atoms with Gasteiger partial charge < -0.3 is 15.4 Å². The number of hydrogen-bond acceptors (Lipinski definition) is 5. The van der Waals surface area contributed by atoms with Crippen molar-refractivity contribution in [1.82, 2.24) is 0 Å². The van der Waals surface area contributed by atoms with Gasteiger partial charge >= 0.3 is 5.97 Å². The molecule has 0 aliphatic heterocycles. The maximum absolute atomic E-state index is 13.4. The van der Waals surface area contributed by atoms with E-state index in [9.17, 15) is 14.4 Å². The number of amides is 2. The summed E-state index contributed by atoms with van der Waals surface area (Å²) in [5.74, 6) is -0.813. The van der Waals surface area contributed by atoms with Gasteiger partial charge in [-0.05, 0) is 74.0 Å². The van der Waals surface area contributed by atoms with E-state index in [-0.39, 0.29) is 11.8 Å². The highest BCUT2D eigenvalue weighted by Crippen LogP contribution is 2.37. The lowest BCUT2D eigenvalue weighted by molar-refractivity contribution is -0.115. The van der Waals surface area contributed by atoms with Crippen LogP contribution in [0.25, 0.3) is 0 Å². The van der Waals surface area contributed by atoms with Gasteiger partial charge in [-0.15, -0.1) is 11.8 Å². The Kier molecular flexibility index (Phi) is 8.95. The van der Waals surface area contributed by atoms with E-state index in [1.165, 1.54) is 11.8 Å². The fraction of sp³-hybridized carbons (Fsp3) is 0.129. The molecule has 0 bridgehead atoms. The molecule has 0 radical (unpaired) electrons. The van der Waals surface area contributed by atoms with Crippen molar-refractivity contribution in [2.45, 2.75) is 24.0 Å². The normalized spacial score (nSPS) is 11.3. The van der Waals surface area contributed by atoms with Crippen LogP contribution in [-0.4, -0.2) is 24.4 Å². The molecule has 7 heteroatoms. The van der Waals surface area contributed by atoms with Crippen molar-refractivity contribution >= 4 is 40.9 Å². The molecule has 38 heavy (non-hydrogen) atoms. The molecule has 4 aromatic carbocycles. The Morgan fingerprint density at radius 1 is 0.763 bits per heavy atom. The summed E-state index contributed by atoms with van der Waals surface area (Å²) in [6, 6.07) is 30.9. The van der Waals surface area contributed by atoms with Crippen LogP contribution in [0.15, 0.2) is 108 Å². The molecule has 1 unspecified atom stereocenters. The first-order valence-corrected chi connectivity index (χ1v) is 13.1. The lowest BCUT2D eigenvalue weighted by atomic mass is 10.1. The predicted molar refractivity (Wildman–Crippen MR) is 152 cm³/mol. The molecule has 0 saturated carbocycles. The topological polar surface area (TPSA) is 84.5 Å². The Hall–Kier alpha value is -4.36. The van der Waals surface area contributed by atoms with Gasteiger partial charge in [-0.25, -0.2) is 4.79 Å². The van der Waals surface area contributed by atoms with Crippen molar-refractivity contribution in [2.75, 3.05) is 17.2 Å². The number of carbonyl (C=O) groups is 3. The number of benzene rings is 4. The van der Waals surface area contributed by atoms with E-state index in [0.717, 1.165) is 16.0 Å². The number of anilines is 2. The monoisotopic (exact) mass is 524 g/mol. The fourth-order valence-electron chi connectivity index (χ4n) is 3.70. The lowest BCUT2D eigenvalue weighted by Gasteiger charge is -2.18. The van der Waals surface area contributed by atoms with Gasteiger partial charge in [0.1, 0.15) is 5.25 Å². The Morgan fingerprint density at radius 3 is 2.13 bits per heavy atom. The Labute approximate surface area is 226 Å². The van der Waals surface area contributed by atoms with Crippen molar-refractivity contribution in [3.63, 3.8) is 0 Å². The second-order valence-electron chi connectivity index (χ2n) is 8.54. The van der Waals surface area contributed by atoms with E-state index >= 15 is 0 Å². The number of ether oxygens (including phenoxy) is 1. The van der Waals surface area contributed by atoms with Crippen LogP contribution < -0.4 is 10.6 Å². The molecule has 192 valence electrons. The highest BCUT2D eigenvalue weighted by Gasteiger charge is 2.23. The molecule has 2 N–H and O–H groups in total. The highest BCUT2D eigenvalue weighted by molar-refractivity contribution is 8.00. The second kappa shape index (κ2) is 12.7. The zero-order valence-electron chi connectivity index (χ0n) is 21.1. The maximum Gasteiger partial charge on any atom is 0.338 e. The van der Waals surface area contributed by atoms with Crippen LogP contribution in [0, 0.1) is 6.92 Å². The molecule has 0 aliphatic carbocycles. The molecule has 0 aromatic heterocycles. The number of nitrogens with one attached hydrogen (secondary N) is 2. The molecule has 4 aromatic rings. The van der Waals surface area contributed by atoms with Gasteiger partial charge in [0.15, 0.2) is 0 Å². The summed E-state index contributed by atoms with van der Waals surface area (Å²) in [6.07, 6.45) is 0. The molecule has 2 amide bonds. The molecule has 6 nitrogen and oxygen atoms in total. The van der Waals surface area contributed by atoms with Gasteiger partial charge in [-0.2, -0.15) is 0 Å². The summed E-state index contributed by atoms with van der Waals surface area (Å²) in [5.41, 5.74) is 4.13. The van der Waals surface area contributed by atoms with E-state index in [1.54, 1.807) is 43.3 Å². The van der Waals surface area contributed by atoms with Gasteiger partial charge in [0, 0.05) is 21.8 Å². The van der Waals surface area contributed by atoms with Gasteiger partial charge in [-0.3, -0.25) is 9.59 Å². The maximum atomic E-state index is 13.4. The molecule has 1 atom stereocenters. The summed E-state index contributed by atoms with van der Waals surface area (Å²) in [5, 5.41) is 5.33. The minimum Gasteiger partial charge on any atom is -0.462 e. The summed E-state index contributed by atoms with van der Waals surface area (Å²) < 4.78 is 5.02. The van der Waals surface area contributed by atoms with Crippen molar-refractivity contribution < 1.29 is 19.1 Å². The largest absolute Gasteiger partial charge is 0.462 e. The van der Waals surface area contributed by atoms with Gasteiger partial charge in [0.25, 0.3) is 5.91 Å². The lowest BCUT2D eigenvalue weighted by Crippen LogP contribution is -2.19. The van der Waals surface area contributed by atoms with E-state index in [4.69, 9.17) is 4.74 Å². The fourth-order valence-corrected chi connectivity index (χ4v) is 4.79.